The van der Waals surface area contributed by atoms with Gasteiger partial charge in [-0.25, -0.2) is 4.79 Å². The maximum Gasteiger partial charge on any atom is 0.328 e. The van der Waals surface area contributed by atoms with Gasteiger partial charge in [-0.05, 0) is 18.6 Å². The van der Waals surface area contributed by atoms with Crippen LogP contribution in [0.1, 0.15) is 11.1 Å². The second kappa shape index (κ2) is 3.83. The van der Waals surface area contributed by atoms with E-state index < -0.39 is 5.97 Å². The molecule has 1 aromatic rings. The van der Waals surface area contributed by atoms with Crippen LogP contribution in [0, 0.1) is 6.92 Å². The Kier molecular flexibility index (Phi) is 2.76. The number of carbonyl (C=O) groups is 1. The van der Waals surface area contributed by atoms with Gasteiger partial charge in [-0.1, -0.05) is 12.1 Å². The van der Waals surface area contributed by atoms with Crippen LogP contribution in [0.4, 0.5) is 0 Å². The molecule has 1 aromatic carbocycles. The van der Waals surface area contributed by atoms with E-state index in [0.717, 1.165) is 6.08 Å². The topological polar surface area (TPSA) is 77.8 Å². The first kappa shape index (κ1) is 10.1. The number of phenolic OH excluding ortho intramolecular Hbond substituents is 2. The minimum Gasteiger partial charge on any atom is -0.504 e. The van der Waals surface area contributed by atoms with Crippen molar-refractivity contribution >= 4 is 12.0 Å². The maximum atomic E-state index is 10.2. The highest BCUT2D eigenvalue weighted by Crippen LogP contribution is 2.32. The third-order valence-electron chi connectivity index (χ3n) is 1.79. The molecule has 0 saturated heterocycles. The number of benzene rings is 1. The molecule has 14 heavy (non-hydrogen) atoms. The van der Waals surface area contributed by atoms with Crippen molar-refractivity contribution in [1.82, 2.24) is 0 Å². The van der Waals surface area contributed by atoms with Crippen LogP contribution in [0.3, 0.4) is 0 Å². The van der Waals surface area contributed by atoms with E-state index in [2.05, 4.69) is 0 Å². The number of carboxylic acid groups (broad SMARTS) is 1. The Labute approximate surface area is 80.7 Å². The lowest BCUT2D eigenvalue weighted by atomic mass is 10.1. The quantitative estimate of drug-likeness (QED) is 0.492. The Morgan fingerprint density at radius 3 is 2.50 bits per heavy atom. The predicted octanol–water partition coefficient (Wildman–Crippen LogP) is 1.50. The number of aryl methyl sites for hydroxylation is 1. The lowest BCUT2D eigenvalue weighted by Gasteiger charge is -2.04. The normalized spacial score (nSPS) is 10.6. The van der Waals surface area contributed by atoms with Gasteiger partial charge in [0.1, 0.15) is 0 Å². The lowest BCUT2D eigenvalue weighted by molar-refractivity contribution is -0.131. The molecule has 0 aliphatic rings. The van der Waals surface area contributed by atoms with Gasteiger partial charge in [0.25, 0.3) is 0 Å². The highest BCUT2D eigenvalue weighted by atomic mass is 16.4. The van der Waals surface area contributed by atoms with Gasteiger partial charge >= 0.3 is 5.97 Å². The van der Waals surface area contributed by atoms with E-state index in [1.165, 1.54) is 12.1 Å². The van der Waals surface area contributed by atoms with Crippen molar-refractivity contribution in [3.63, 3.8) is 0 Å². The number of carboxylic acids is 1. The molecule has 0 aromatic heterocycles. The van der Waals surface area contributed by atoms with Crippen molar-refractivity contribution in [3.05, 3.63) is 29.3 Å². The van der Waals surface area contributed by atoms with Crippen molar-refractivity contribution < 1.29 is 20.1 Å². The van der Waals surface area contributed by atoms with Crippen LogP contribution in [-0.4, -0.2) is 21.3 Å². The summed E-state index contributed by atoms with van der Waals surface area (Å²) in [6.45, 7) is 1.64. The van der Waals surface area contributed by atoms with Gasteiger partial charge in [-0.3, -0.25) is 0 Å². The van der Waals surface area contributed by atoms with Gasteiger partial charge in [-0.2, -0.15) is 0 Å². The Bertz CT molecular complexity index is 393. The zero-order valence-electron chi connectivity index (χ0n) is 7.56. The van der Waals surface area contributed by atoms with Gasteiger partial charge in [0.05, 0.1) is 0 Å². The van der Waals surface area contributed by atoms with E-state index in [1.54, 1.807) is 13.0 Å². The molecule has 1 rings (SSSR count). The van der Waals surface area contributed by atoms with Crippen molar-refractivity contribution in [3.8, 4) is 11.5 Å². The zero-order valence-corrected chi connectivity index (χ0v) is 7.56. The Morgan fingerprint density at radius 2 is 1.93 bits per heavy atom. The summed E-state index contributed by atoms with van der Waals surface area (Å²) in [6.07, 6.45) is 2.11. The molecular formula is C10H10O4. The molecule has 4 nitrogen and oxygen atoms in total. The molecular weight excluding hydrogens is 184 g/mol. The van der Waals surface area contributed by atoms with Crippen LogP contribution < -0.4 is 0 Å². The first-order chi connectivity index (χ1) is 6.52. The summed E-state index contributed by atoms with van der Waals surface area (Å²) >= 11 is 0. The molecule has 0 heterocycles. The Balaban J connectivity index is 3.12. The van der Waals surface area contributed by atoms with E-state index in [-0.39, 0.29) is 17.1 Å². The van der Waals surface area contributed by atoms with Gasteiger partial charge < -0.3 is 15.3 Å². The highest BCUT2D eigenvalue weighted by molar-refractivity contribution is 5.86. The number of hydrogen-bond acceptors (Lipinski definition) is 3. The molecule has 0 aliphatic carbocycles. The van der Waals surface area contributed by atoms with Crippen molar-refractivity contribution in [2.75, 3.05) is 0 Å². The summed E-state index contributed by atoms with van der Waals surface area (Å²) < 4.78 is 0. The molecule has 0 spiro atoms. The molecule has 0 amide bonds. The Morgan fingerprint density at radius 1 is 1.29 bits per heavy atom. The van der Waals surface area contributed by atoms with E-state index in [9.17, 15) is 15.0 Å². The zero-order chi connectivity index (χ0) is 10.7. The summed E-state index contributed by atoms with van der Waals surface area (Å²) in [7, 11) is 0. The van der Waals surface area contributed by atoms with Crippen LogP contribution in [0.15, 0.2) is 18.2 Å². The van der Waals surface area contributed by atoms with Gasteiger partial charge in [0.15, 0.2) is 11.5 Å². The molecule has 0 unspecified atom stereocenters. The maximum absolute atomic E-state index is 10.2. The number of aromatic hydroxyl groups is 2. The fourth-order valence-electron chi connectivity index (χ4n) is 0.992. The summed E-state index contributed by atoms with van der Waals surface area (Å²) in [5.74, 6) is -1.63. The van der Waals surface area contributed by atoms with E-state index >= 15 is 0 Å². The van der Waals surface area contributed by atoms with Crippen molar-refractivity contribution in [2.45, 2.75) is 6.92 Å². The van der Waals surface area contributed by atoms with Crippen LogP contribution in [0.2, 0.25) is 0 Å². The SMILES string of the molecule is Cc1ccc(C=CC(=O)O)c(O)c1O. The van der Waals surface area contributed by atoms with Gasteiger partial charge in [0.2, 0.25) is 0 Å². The van der Waals surface area contributed by atoms with Crippen LogP contribution in [0.5, 0.6) is 11.5 Å². The number of aliphatic carboxylic acids is 1. The van der Waals surface area contributed by atoms with Crippen molar-refractivity contribution in [2.24, 2.45) is 0 Å². The van der Waals surface area contributed by atoms with Crippen molar-refractivity contribution in [1.29, 1.82) is 0 Å². The third kappa shape index (κ3) is 2.04. The largest absolute Gasteiger partial charge is 0.504 e. The van der Waals surface area contributed by atoms with Crippen LogP contribution >= 0.6 is 0 Å². The minimum absolute atomic E-state index is 0.225. The second-order valence-corrected chi connectivity index (χ2v) is 2.84. The fraction of sp³-hybridized carbons (Fsp3) is 0.100. The number of phenols is 2. The minimum atomic E-state index is -1.11. The average Bonchev–Trinajstić information content (AvgIpc) is 2.13. The average molecular weight is 194 g/mol. The smallest absolute Gasteiger partial charge is 0.328 e. The monoisotopic (exact) mass is 194 g/mol. The standard InChI is InChI=1S/C10H10O4/c1-6-2-3-7(4-5-8(11)12)10(14)9(6)13/h2-5,13-14H,1H3,(H,11,12). The summed E-state index contributed by atoms with van der Waals surface area (Å²) in [5.41, 5.74) is 0.811. The summed E-state index contributed by atoms with van der Waals surface area (Å²) in [4.78, 5) is 10.2. The van der Waals surface area contributed by atoms with Crippen LogP contribution in [0.25, 0.3) is 6.08 Å². The molecule has 4 heteroatoms. The molecule has 3 N–H and O–H groups in total. The molecule has 0 bridgehead atoms. The Hall–Kier alpha value is -1.97. The predicted molar refractivity (Wildman–Crippen MR) is 51.2 cm³/mol. The van der Waals surface area contributed by atoms with E-state index in [0.29, 0.717) is 5.56 Å². The highest BCUT2D eigenvalue weighted by Gasteiger charge is 2.06. The van der Waals surface area contributed by atoms with Gasteiger partial charge in [-0.15, -0.1) is 0 Å². The fourth-order valence-corrected chi connectivity index (χ4v) is 0.992. The molecule has 0 aliphatic heterocycles. The van der Waals surface area contributed by atoms with Crippen LogP contribution in [-0.2, 0) is 4.79 Å². The molecule has 0 atom stereocenters. The second-order valence-electron chi connectivity index (χ2n) is 2.84. The first-order valence-corrected chi connectivity index (χ1v) is 3.95. The molecule has 0 fully saturated rings. The van der Waals surface area contributed by atoms with E-state index in [1.807, 2.05) is 0 Å². The molecule has 74 valence electrons. The van der Waals surface area contributed by atoms with E-state index in [4.69, 9.17) is 5.11 Å². The summed E-state index contributed by atoms with van der Waals surface area (Å²) in [6, 6.07) is 3.13. The molecule has 0 saturated carbocycles. The first-order valence-electron chi connectivity index (χ1n) is 3.95. The summed E-state index contributed by atoms with van der Waals surface area (Å²) in [5, 5.41) is 27.1. The number of rotatable bonds is 2. The lowest BCUT2D eigenvalue weighted by Crippen LogP contribution is -1.86. The van der Waals surface area contributed by atoms with Gasteiger partial charge in [0, 0.05) is 11.6 Å². The third-order valence-corrected chi connectivity index (χ3v) is 1.79. The molecule has 0 radical (unpaired) electrons. The number of hydrogen-bond donors (Lipinski definition) is 3.